The van der Waals surface area contributed by atoms with E-state index in [0.717, 1.165) is 53.0 Å². The number of hydrogen-bond acceptors (Lipinski definition) is 5. The summed E-state index contributed by atoms with van der Waals surface area (Å²) in [6, 6.07) is 18.0. The predicted octanol–water partition coefficient (Wildman–Crippen LogP) is 4.41. The molecule has 0 spiro atoms. The van der Waals surface area contributed by atoms with Crippen molar-refractivity contribution in [1.29, 1.82) is 0 Å². The number of benzene rings is 2. The van der Waals surface area contributed by atoms with Crippen molar-refractivity contribution in [3.8, 4) is 11.4 Å². The van der Waals surface area contributed by atoms with Crippen molar-refractivity contribution in [2.45, 2.75) is 6.42 Å². The molecule has 0 radical (unpaired) electrons. The molecule has 0 aliphatic carbocycles. The molecular weight excluding hydrogens is 324 g/mol. The lowest BCUT2D eigenvalue weighted by Crippen LogP contribution is -2.16. The summed E-state index contributed by atoms with van der Waals surface area (Å²) in [6.45, 7) is 1.85. The number of anilines is 1. The fourth-order valence-corrected chi connectivity index (χ4v) is 3.03. The first-order chi connectivity index (χ1) is 12.7. The van der Waals surface area contributed by atoms with Crippen LogP contribution >= 0.6 is 0 Å². The number of para-hydroxylation sites is 1. The Morgan fingerprint density at radius 2 is 1.73 bits per heavy atom. The minimum Gasteiger partial charge on any atom is -0.450 e. The minimum atomic E-state index is 0.708. The van der Waals surface area contributed by atoms with Crippen LogP contribution in [0.5, 0.6) is 0 Å². The highest BCUT2D eigenvalue weighted by molar-refractivity contribution is 6.06. The largest absolute Gasteiger partial charge is 0.450 e. The van der Waals surface area contributed by atoms with Gasteiger partial charge in [-0.3, -0.25) is 0 Å². The third-order valence-corrected chi connectivity index (χ3v) is 4.33. The first kappa shape index (κ1) is 16.5. The van der Waals surface area contributed by atoms with Crippen molar-refractivity contribution in [2.75, 3.05) is 32.5 Å². The molecule has 5 nitrogen and oxygen atoms in total. The maximum Gasteiger partial charge on any atom is 0.196 e. The Kier molecular flexibility index (Phi) is 4.54. The summed E-state index contributed by atoms with van der Waals surface area (Å²) in [7, 11) is 4.16. The molecule has 0 atom stereocenters. The number of nitrogens with zero attached hydrogens (tertiary/aromatic N) is 3. The molecule has 2 heterocycles. The molecule has 4 rings (SSSR count). The molecule has 0 aliphatic heterocycles. The molecule has 4 aromatic rings. The Balaban J connectivity index is 1.79. The molecule has 132 valence electrons. The van der Waals surface area contributed by atoms with E-state index in [9.17, 15) is 0 Å². The fourth-order valence-electron chi connectivity index (χ4n) is 3.03. The SMILES string of the molecule is CN(C)CCCNc1nc(-c2ccccc2)nc2c1oc1ccccc12. The average Bonchev–Trinajstić information content (AvgIpc) is 3.04. The van der Waals surface area contributed by atoms with Gasteiger partial charge in [-0.15, -0.1) is 0 Å². The first-order valence-electron chi connectivity index (χ1n) is 8.85. The zero-order chi connectivity index (χ0) is 17.9. The van der Waals surface area contributed by atoms with Gasteiger partial charge in [-0.2, -0.15) is 0 Å². The van der Waals surface area contributed by atoms with Gasteiger partial charge in [0.1, 0.15) is 11.1 Å². The van der Waals surface area contributed by atoms with Crippen molar-refractivity contribution >= 4 is 27.9 Å². The van der Waals surface area contributed by atoms with Gasteiger partial charge < -0.3 is 14.6 Å². The zero-order valence-corrected chi connectivity index (χ0v) is 15.1. The van der Waals surface area contributed by atoms with Crippen LogP contribution in [0, 0.1) is 0 Å². The fraction of sp³-hybridized carbons (Fsp3) is 0.238. The van der Waals surface area contributed by atoms with Gasteiger partial charge in [-0.25, -0.2) is 9.97 Å². The van der Waals surface area contributed by atoms with Crippen molar-refractivity contribution in [1.82, 2.24) is 14.9 Å². The lowest BCUT2D eigenvalue weighted by molar-refractivity contribution is 0.405. The topological polar surface area (TPSA) is 54.2 Å². The molecule has 0 saturated heterocycles. The number of nitrogens with one attached hydrogen (secondary N) is 1. The molecule has 2 aromatic carbocycles. The smallest absolute Gasteiger partial charge is 0.196 e. The predicted molar refractivity (Wildman–Crippen MR) is 106 cm³/mol. The number of rotatable bonds is 6. The van der Waals surface area contributed by atoms with Crippen molar-refractivity contribution < 1.29 is 4.42 Å². The standard InChI is InChI=1S/C21H22N4O/c1-25(2)14-8-13-22-21-19-18(16-11-6-7-12-17(16)26-19)23-20(24-21)15-9-4-3-5-10-15/h3-7,9-12H,8,13-14H2,1-2H3,(H,22,23,24). The van der Waals surface area contributed by atoms with Gasteiger partial charge >= 0.3 is 0 Å². The molecule has 0 amide bonds. The summed E-state index contributed by atoms with van der Waals surface area (Å²) in [5.74, 6) is 1.46. The normalized spacial score (nSPS) is 11.5. The van der Waals surface area contributed by atoms with Crippen LogP contribution < -0.4 is 5.32 Å². The molecule has 0 aliphatic rings. The molecular formula is C21H22N4O. The van der Waals surface area contributed by atoms with Gasteiger partial charge in [0.05, 0.1) is 0 Å². The van der Waals surface area contributed by atoms with E-state index in [0.29, 0.717) is 5.82 Å². The van der Waals surface area contributed by atoms with E-state index < -0.39 is 0 Å². The maximum absolute atomic E-state index is 6.05. The van der Waals surface area contributed by atoms with E-state index in [1.807, 2.05) is 54.6 Å². The van der Waals surface area contributed by atoms with E-state index in [1.54, 1.807) is 0 Å². The van der Waals surface area contributed by atoms with Gasteiger partial charge in [-0.1, -0.05) is 42.5 Å². The van der Waals surface area contributed by atoms with Crippen molar-refractivity contribution in [2.24, 2.45) is 0 Å². The Hall–Kier alpha value is -2.92. The molecule has 2 aromatic heterocycles. The van der Waals surface area contributed by atoms with Crippen LogP contribution in [0.1, 0.15) is 6.42 Å². The second-order valence-corrected chi connectivity index (χ2v) is 6.62. The zero-order valence-electron chi connectivity index (χ0n) is 15.1. The Morgan fingerprint density at radius 1 is 0.962 bits per heavy atom. The van der Waals surface area contributed by atoms with Crippen LogP contribution in [0.4, 0.5) is 5.82 Å². The van der Waals surface area contributed by atoms with Crippen LogP contribution in [0.2, 0.25) is 0 Å². The number of furan rings is 1. The van der Waals surface area contributed by atoms with Crippen LogP contribution in [-0.4, -0.2) is 42.1 Å². The summed E-state index contributed by atoms with van der Waals surface area (Å²) in [5.41, 5.74) is 3.40. The molecule has 5 heteroatoms. The van der Waals surface area contributed by atoms with E-state index in [4.69, 9.17) is 14.4 Å². The Morgan fingerprint density at radius 3 is 2.54 bits per heavy atom. The van der Waals surface area contributed by atoms with Crippen LogP contribution in [0.15, 0.2) is 59.0 Å². The molecule has 0 fully saturated rings. The summed E-state index contributed by atoms with van der Waals surface area (Å²) in [5, 5.41) is 4.46. The minimum absolute atomic E-state index is 0.708. The highest BCUT2D eigenvalue weighted by Crippen LogP contribution is 2.33. The van der Waals surface area contributed by atoms with E-state index in [2.05, 4.69) is 24.3 Å². The second-order valence-electron chi connectivity index (χ2n) is 6.62. The van der Waals surface area contributed by atoms with Gasteiger partial charge in [0.15, 0.2) is 17.2 Å². The summed E-state index contributed by atoms with van der Waals surface area (Å²) in [4.78, 5) is 11.7. The van der Waals surface area contributed by atoms with Crippen LogP contribution in [0.3, 0.4) is 0 Å². The van der Waals surface area contributed by atoms with Crippen LogP contribution in [-0.2, 0) is 0 Å². The van der Waals surface area contributed by atoms with Crippen molar-refractivity contribution in [3.63, 3.8) is 0 Å². The summed E-state index contributed by atoms with van der Waals surface area (Å²) < 4.78 is 6.05. The third kappa shape index (κ3) is 3.26. The van der Waals surface area contributed by atoms with E-state index >= 15 is 0 Å². The third-order valence-electron chi connectivity index (χ3n) is 4.33. The lowest BCUT2D eigenvalue weighted by Gasteiger charge is -2.11. The van der Waals surface area contributed by atoms with Gasteiger partial charge in [0.25, 0.3) is 0 Å². The molecule has 0 bridgehead atoms. The van der Waals surface area contributed by atoms with Gasteiger partial charge in [-0.05, 0) is 39.2 Å². The quantitative estimate of drug-likeness (QED) is 0.524. The maximum atomic E-state index is 6.05. The monoisotopic (exact) mass is 346 g/mol. The highest BCUT2D eigenvalue weighted by atomic mass is 16.3. The van der Waals surface area contributed by atoms with Gasteiger partial charge in [0.2, 0.25) is 0 Å². The van der Waals surface area contributed by atoms with E-state index in [1.165, 1.54) is 0 Å². The average molecular weight is 346 g/mol. The Labute approximate surface area is 152 Å². The molecule has 0 unspecified atom stereocenters. The molecule has 26 heavy (non-hydrogen) atoms. The first-order valence-corrected chi connectivity index (χ1v) is 8.85. The summed E-state index contributed by atoms with van der Waals surface area (Å²) in [6.07, 6.45) is 1.03. The summed E-state index contributed by atoms with van der Waals surface area (Å²) >= 11 is 0. The number of hydrogen-bond donors (Lipinski definition) is 1. The lowest BCUT2D eigenvalue weighted by atomic mass is 10.2. The van der Waals surface area contributed by atoms with Crippen LogP contribution in [0.25, 0.3) is 33.5 Å². The van der Waals surface area contributed by atoms with E-state index in [-0.39, 0.29) is 0 Å². The van der Waals surface area contributed by atoms with Crippen molar-refractivity contribution in [3.05, 3.63) is 54.6 Å². The molecule has 1 N–H and O–H groups in total. The molecule has 0 saturated carbocycles. The number of fused-ring (bicyclic) bond motifs is 3. The second kappa shape index (κ2) is 7.14. The van der Waals surface area contributed by atoms with Gasteiger partial charge in [0, 0.05) is 17.5 Å². The highest BCUT2D eigenvalue weighted by Gasteiger charge is 2.16. The number of aromatic nitrogens is 2. The Bertz CT molecular complexity index is 1020.